The van der Waals surface area contributed by atoms with E-state index in [-0.39, 0.29) is 12.2 Å². The number of hydrogen-bond donors (Lipinski definition) is 1. The van der Waals surface area contributed by atoms with Crippen LogP contribution < -0.4 is 5.56 Å². The molecule has 106 valence electrons. The molecule has 0 atom stereocenters. The molecule has 1 N–H and O–H groups in total. The number of aryl methyl sites for hydroxylation is 1. The number of carbonyl (C=O) groups is 1. The van der Waals surface area contributed by atoms with Crippen LogP contribution >= 0.6 is 11.3 Å². The van der Waals surface area contributed by atoms with Crippen LogP contribution in [0.15, 0.2) is 40.5 Å². The summed E-state index contributed by atoms with van der Waals surface area (Å²) >= 11 is 1.33. The van der Waals surface area contributed by atoms with E-state index in [2.05, 4.69) is 9.97 Å². The summed E-state index contributed by atoms with van der Waals surface area (Å²) in [5, 5.41) is 1.80. The molecule has 0 radical (unpaired) electrons. The summed E-state index contributed by atoms with van der Waals surface area (Å²) < 4.78 is 5.74. The lowest BCUT2D eigenvalue weighted by Crippen LogP contribution is -2.13. The van der Waals surface area contributed by atoms with Crippen LogP contribution in [0.2, 0.25) is 0 Å². The van der Waals surface area contributed by atoms with Gasteiger partial charge in [-0.1, -0.05) is 17.7 Å². The Morgan fingerprint density at radius 3 is 2.81 bits per heavy atom. The predicted molar refractivity (Wildman–Crippen MR) is 80.5 cm³/mol. The maximum Gasteiger partial charge on any atom is 0.338 e. The number of H-pyrrole nitrogens is 1. The van der Waals surface area contributed by atoms with E-state index in [1.807, 2.05) is 19.1 Å². The van der Waals surface area contributed by atoms with Crippen molar-refractivity contribution in [2.75, 3.05) is 0 Å². The van der Waals surface area contributed by atoms with Crippen LogP contribution in [0, 0.1) is 6.92 Å². The van der Waals surface area contributed by atoms with Gasteiger partial charge in [0, 0.05) is 0 Å². The molecular weight excluding hydrogens is 288 g/mol. The molecule has 21 heavy (non-hydrogen) atoms. The van der Waals surface area contributed by atoms with Gasteiger partial charge < -0.3 is 9.72 Å². The van der Waals surface area contributed by atoms with Crippen LogP contribution in [-0.2, 0) is 11.3 Å². The van der Waals surface area contributed by atoms with Gasteiger partial charge in [0.05, 0.1) is 11.1 Å². The van der Waals surface area contributed by atoms with Gasteiger partial charge in [-0.15, -0.1) is 11.3 Å². The zero-order chi connectivity index (χ0) is 14.8. The number of carbonyl (C=O) groups excluding carboxylic acids is 1. The number of aromatic amines is 1. The molecule has 0 aliphatic carbocycles. The third-order valence-corrected chi connectivity index (χ3v) is 3.89. The minimum Gasteiger partial charge on any atom is -0.454 e. The highest BCUT2D eigenvalue weighted by atomic mass is 32.1. The highest BCUT2D eigenvalue weighted by Crippen LogP contribution is 2.14. The number of ether oxygens (including phenoxy) is 1. The van der Waals surface area contributed by atoms with Crippen molar-refractivity contribution in [2.24, 2.45) is 0 Å². The molecule has 0 bridgehead atoms. The number of esters is 1. The van der Waals surface area contributed by atoms with Gasteiger partial charge >= 0.3 is 5.97 Å². The van der Waals surface area contributed by atoms with Crippen molar-refractivity contribution in [3.63, 3.8) is 0 Å². The number of nitrogens with one attached hydrogen (secondary N) is 1. The topological polar surface area (TPSA) is 72.0 Å². The van der Waals surface area contributed by atoms with Gasteiger partial charge in [-0.05, 0) is 30.5 Å². The van der Waals surface area contributed by atoms with E-state index in [4.69, 9.17) is 4.74 Å². The minimum atomic E-state index is -0.442. The summed E-state index contributed by atoms with van der Waals surface area (Å²) in [4.78, 5) is 30.5. The van der Waals surface area contributed by atoms with Crippen molar-refractivity contribution < 1.29 is 9.53 Å². The molecule has 2 heterocycles. The Morgan fingerprint density at radius 1 is 1.29 bits per heavy atom. The lowest BCUT2D eigenvalue weighted by molar-refractivity contribution is 0.0462. The first kappa shape index (κ1) is 13.5. The minimum absolute atomic E-state index is 0.0618. The summed E-state index contributed by atoms with van der Waals surface area (Å²) in [7, 11) is 0. The molecule has 0 aliphatic rings. The predicted octanol–water partition coefficient (Wildman–Crippen LogP) is 2.65. The molecule has 0 fully saturated rings. The standard InChI is InChI=1S/C15H12N2O3S/c1-9-2-4-10(5-3-9)15(19)20-8-12-16-11-6-7-21-13(11)14(18)17-12/h2-7H,8H2,1H3,(H,16,17,18). The number of aromatic nitrogens is 2. The molecule has 1 aromatic carbocycles. The summed E-state index contributed by atoms with van der Waals surface area (Å²) in [6.07, 6.45) is 0. The second-order valence-corrected chi connectivity index (χ2v) is 5.51. The molecule has 3 rings (SSSR count). The van der Waals surface area contributed by atoms with Crippen LogP contribution in [0.4, 0.5) is 0 Å². The molecule has 0 unspecified atom stereocenters. The Morgan fingerprint density at radius 2 is 2.05 bits per heavy atom. The second kappa shape index (κ2) is 5.49. The average Bonchev–Trinajstić information content (AvgIpc) is 2.94. The van der Waals surface area contributed by atoms with Gasteiger partial charge in [-0.2, -0.15) is 0 Å². The Hall–Kier alpha value is -2.47. The second-order valence-electron chi connectivity index (χ2n) is 4.59. The Kier molecular flexibility index (Phi) is 3.53. The summed E-state index contributed by atoms with van der Waals surface area (Å²) in [5.74, 6) is -0.102. The molecule has 0 saturated heterocycles. The first-order valence-electron chi connectivity index (χ1n) is 6.34. The number of thiophene rings is 1. The monoisotopic (exact) mass is 300 g/mol. The number of fused-ring (bicyclic) bond motifs is 1. The molecule has 5 nitrogen and oxygen atoms in total. The average molecular weight is 300 g/mol. The summed E-state index contributed by atoms with van der Waals surface area (Å²) in [6, 6.07) is 8.86. The third kappa shape index (κ3) is 2.85. The number of benzene rings is 1. The lowest BCUT2D eigenvalue weighted by atomic mass is 10.1. The van der Waals surface area contributed by atoms with E-state index in [1.165, 1.54) is 11.3 Å². The number of rotatable bonds is 3. The molecule has 2 aromatic heterocycles. The van der Waals surface area contributed by atoms with Gasteiger partial charge in [0.2, 0.25) is 0 Å². The van der Waals surface area contributed by atoms with E-state index >= 15 is 0 Å². The normalized spacial score (nSPS) is 10.7. The molecule has 0 saturated carbocycles. The van der Waals surface area contributed by atoms with Crippen molar-refractivity contribution in [1.29, 1.82) is 0 Å². The smallest absolute Gasteiger partial charge is 0.338 e. The van der Waals surface area contributed by atoms with Crippen molar-refractivity contribution >= 4 is 27.5 Å². The summed E-state index contributed by atoms with van der Waals surface area (Å²) in [5.41, 5.74) is 1.95. The molecule has 3 aromatic rings. The SMILES string of the molecule is Cc1ccc(C(=O)OCc2nc3ccsc3c(=O)[nH]2)cc1. The van der Waals surface area contributed by atoms with Crippen molar-refractivity contribution in [3.8, 4) is 0 Å². The zero-order valence-corrected chi connectivity index (χ0v) is 12.1. The van der Waals surface area contributed by atoms with Crippen LogP contribution in [0.5, 0.6) is 0 Å². The fourth-order valence-electron chi connectivity index (χ4n) is 1.90. The molecule has 0 spiro atoms. The first-order valence-corrected chi connectivity index (χ1v) is 7.21. The van der Waals surface area contributed by atoms with Gasteiger partial charge in [-0.25, -0.2) is 9.78 Å². The number of nitrogens with zero attached hydrogens (tertiary/aromatic N) is 1. The van der Waals surface area contributed by atoms with E-state index < -0.39 is 5.97 Å². The quantitative estimate of drug-likeness (QED) is 0.755. The maximum absolute atomic E-state index is 11.9. The largest absolute Gasteiger partial charge is 0.454 e. The summed E-state index contributed by atoms with van der Waals surface area (Å²) in [6.45, 7) is 1.88. The van der Waals surface area contributed by atoms with Crippen molar-refractivity contribution in [2.45, 2.75) is 13.5 Å². The first-order chi connectivity index (χ1) is 10.1. The molecule has 0 aliphatic heterocycles. The van der Waals surface area contributed by atoms with Gasteiger partial charge in [0.1, 0.15) is 17.1 Å². The van der Waals surface area contributed by atoms with Crippen LogP contribution in [0.3, 0.4) is 0 Å². The third-order valence-electron chi connectivity index (χ3n) is 2.99. The fourth-order valence-corrected chi connectivity index (χ4v) is 2.62. The van der Waals surface area contributed by atoms with Crippen LogP contribution in [0.25, 0.3) is 10.2 Å². The van der Waals surface area contributed by atoms with Gasteiger partial charge in [-0.3, -0.25) is 4.79 Å². The number of hydrogen-bond acceptors (Lipinski definition) is 5. The van der Waals surface area contributed by atoms with Gasteiger partial charge in [0.25, 0.3) is 5.56 Å². The zero-order valence-electron chi connectivity index (χ0n) is 11.3. The van der Waals surface area contributed by atoms with Crippen molar-refractivity contribution in [1.82, 2.24) is 9.97 Å². The van der Waals surface area contributed by atoms with Gasteiger partial charge in [0.15, 0.2) is 0 Å². The van der Waals surface area contributed by atoms with Crippen LogP contribution in [0.1, 0.15) is 21.7 Å². The highest BCUT2D eigenvalue weighted by Gasteiger charge is 2.09. The van der Waals surface area contributed by atoms with Crippen LogP contribution in [-0.4, -0.2) is 15.9 Å². The maximum atomic E-state index is 11.9. The highest BCUT2D eigenvalue weighted by molar-refractivity contribution is 7.17. The van der Waals surface area contributed by atoms with E-state index in [9.17, 15) is 9.59 Å². The Balaban J connectivity index is 1.75. The van der Waals surface area contributed by atoms with E-state index in [0.29, 0.717) is 21.6 Å². The molecule has 6 heteroatoms. The van der Waals surface area contributed by atoms with Crippen molar-refractivity contribution in [3.05, 3.63) is 63.0 Å². The molecular formula is C15H12N2O3S. The lowest BCUT2D eigenvalue weighted by Gasteiger charge is -2.04. The van der Waals surface area contributed by atoms with E-state index in [0.717, 1.165) is 5.56 Å². The van der Waals surface area contributed by atoms with E-state index in [1.54, 1.807) is 23.6 Å². The Labute approximate surface area is 124 Å². The Bertz CT molecular complexity index is 849. The molecule has 0 amide bonds. The fraction of sp³-hybridized carbons (Fsp3) is 0.133.